The second-order valence-electron chi connectivity index (χ2n) is 4.30. The van der Waals surface area contributed by atoms with Crippen molar-refractivity contribution in [3.63, 3.8) is 0 Å². The molecule has 1 fully saturated rings. The highest BCUT2D eigenvalue weighted by molar-refractivity contribution is 7.89. The monoisotopic (exact) mass is 236 g/mol. The van der Waals surface area contributed by atoms with Crippen LogP contribution < -0.4 is 0 Å². The summed E-state index contributed by atoms with van der Waals surface area (Å²) in [6, 6.07) is 0.297. The predicted octanol–water partition coefficient (Wildman–Crippen LogP) is -0.667. The lowest BCUT2D eigenvalue weighted by Crippen LogP contribution is -2.39. The molecule has 1 heterocycles. The molecule has 0 aromatic rings. The molecule has 15 heavy (non-hydrogen) atoms. The Kier molecular flexibility index (Phi) is 4.11. The molecule has 1 N–H and O–H groups in total. The first kappa shape index (κ1) is 12.9. The predicted molar refractivity (Wildman–Crippen MR) is 59.1 cm³/mol. The quantitative estimate of drug-likeness (QED) is 0.703. The topological polar surface area (TPSA) is 60.9 Å². The number of aliphatic hydroxyl groups is 1. The summed E-state index contributed by atoms with van der Waals surface area (Å²) in [5.74, 6) is 0. The Labute approximate surface area is 91.7 Å². The maximum atomic E-state index is 11.9. The summed E-state index contributed by atoms with van der Waals surface area (Å²) in [6.45, 7) is 2.33. The minimum absolute atomic E-state index is 0.297. The molecule has 0 aromatic carbocycles. The fraction of sp³-hybridized carbons (Fsp3) is 1.00. The molecule has 0 bridgehead atoms. The van der Waals surface area contributed by atoms with Crippen LogP contribution in [0.1, 0.15) is 13.3 Å². The normalized spacial score (nSPS) is 26.1. The highest BCUT2D eigenvalue weighted by Gasteiger charge is 2.35. The van der Waals surface area contributed by atoms with E-state index in [-0.39, 0.29) is 6.61 Å². The molecular weight excluding hydrogens is 216 g/mol. The van der Waals surface area contributed by atoms with Crippen molar-refractivity contribution in [2.24, 2.45) is 0 Å². The van der Waals surface area contributed by atoms with Crippen LogP contribution in [0.4, 0.5) is 0 Å². The minimum Gasteiger partial charge on any atom is -0.395 e. The van der Waals surface area contributed by atoms with Gasteiger partial charge in [-0.15, -0.1) is 0 Å². The van der Waals surface area contributed by atoms with Gasteiger partial charge < -0.3 is 10.0 Å². The van der Waals surface area contributed by atoms with Crippen LogP contribution in [0.25, 0.3) is 0 Å². The maximum Gasteiger partial charge on any atom is 0.219 e. The molecule has 5 nitrogen and oxygen atoms in total. The van der Waals surface area contributed by atoms with Crippen LogP contribution in [0, 0.1) is 0 Å². The fourth-order valence-corrected chi connectivity index (χ4v) is 3.15. The largest absolute Gasteiger partial charge is 0.395 e. The van der Waals surface area contributed by atoms with E-state index < -0.39 is 15.3 Å². The molecule has 2 atom stereocenters. The van der Waals surface area contributed by atoms with Crippen LogP contribution in [0.15, 0.2) is 0 Å². The zero-order valence-electron chi connectivity index (χ0n) is 9.55. The molecule has 0 amide bonds. The average molecular weight is 236 g/mol. The number of nitrogens with zero attached hydrogens (tertiary/aromatic N) is 2. The average Bonchev–Trinajstić information content (AvgIpc) is 2.65. The van der Waals surface area contributed by atoms with Gasteiger partial charge in [0.25, 0.3) is 0 Å². The molecule has 2 unspecified atom stereocenters. The van der Waals surface area contributed by atoms with Crippen LogP contribution in [0.3, 0.4) is 0 Å². The summed E-state index contributed by atoms with van der Waals surface area (Å²) in [4.78, 5) is 2.04. The first-order valence-electron chi connectivity index (χ1n) is 5.16. The van der Waals surface area contributed by atoms with E-state index in [1.165, 1.54) is 4.31 Å². The molecular formula is C9H20N2O3S. The summed E-state index contributed by atoms with van der Waals surface area (Å²) in [5.41, 5.74) is 0. The molecule has 6 heteroatoms. The molecule has 90 valence electrons. The van der Waals surface area contributed by atoms with E-state index in [2.05, 4.69) is 0 Å². The number of hydrogen-bond acceptors (Lipinski definition) is 4. The zero-order valence-corrected chi connectivity index (χ0v) is 10.4. The highest BCUT2D eigenvalue weighted by atomic mass is 32.2. The Morgan fingerprint density at radius 1 is 1.53 bits per heavy atom. The van der Waals surface area contributed by atoms with E-state index in [0.717, 1.165) is 6.42 Å². The van der Waals surface area contributed by atoms with E-state index in [4.69, 9.17) is 5.11 Å². The summed E-state index contributed by atoms with van der Waals surface area (Å²) >= 11 is 0. The molecule has 1 aliphatic rings. The van der Waals surface area contributed by atoms with Gasteiger partial charge in [-0.25, -0.2) is 8.42 Å². The van der Waals surface area contributed by atoms with Gasteiger partial charge in [-0.05, 0) is 27.4 Å². The number of hydrogen-bond donors (Lipinski definition) is 1. The number of likely N-dealkylation sites (N-methyl/N-ethyl adjacent to an activating group) is 1. The van der Waals surface area contributed by atoms with Crippen molar-refractivity contribution in [3.05, 3.63) is 0 Å². The van der Waals surface area contributed by atoms with Crippen LogP contribution in [-0.4, -0.2) is 67.8 Å². The van der Waals surface area contributed by atoms with Gasteiger partial charge in [-0.3, -0.25) is 0 Å². The number of sulfonamides is 1. The highest BCUT2D eigenvalue weighted by Crippen LogP contribution is 2.19. The Balaban J connectivity index is 2.68. The van der Waals surface area contributed by atoms with E-state index in [1.807, 2.05) is 19.0 Å². The molecule has 0 saturated carbocycles. The first-order valence-corrected chi connectivity index (χ1v) is 6.66. The van der Waals surface area contributed by atoms with Crippen molar-refractivity contribution >= 4 is 10.0 Å². The molecule has 1 aliphatic heterocycles. The maximum absolute atomic E-state index is 11.9. The van der Waals surface area contributed by atoms with Gasteiger partial charge in [0.2, 0.25) is 10.0 Å². The number of aliphatic hydroxyl groups excluding tert-OH is 1. The van der Waals surface area contributed by atoms with Gasteiger partial charge in [-0.2, -0.15) is 4.31 Å². The fourth-order valence-electron chi connectivity index (χ4n) is 1.71. The van der Waals surface area contributed by atoms with Gasteiger partial charge in [0, 0.05) is 19.1 Å². The third-order valence-corrected chi connectivity index (χ3v) is 5.20. The number of rotatable bonds is 4. The zero-order chi connectivity index (χ0) is 11.6. The lowest BCUT2D eigenvalue weighted by molar-refractivity contribution is 0.285. The van der Waals surface area contributed by atoms with E-state index in [9.17, 15) is 8.42 Å². The first-order chi connectivity index (χ1) is 6.89. The van der Waals surface area contributed by atoms with Crippen LogP contribution in [-0.2, 0) is 10.0 Å². The second kappa shape index (κ2) is 4.78. The van der Waals surface area contributed by atoms with Gasteiger partial charge in [-0.1, -0.05) is 0 Å². The van der Waals surface area contributed by atoms with Crippen molar-refractivity contribution in [3.8, 4) is 0 Å². The lowest BCUT2D eigenvalue weighted by Gasteiger charge is -2.22. The summed E-state index contributed by atoms with van der Waals surface area (Å²) in [5, 5.41) is 8.19. The van der Waals surface area contributed by atoms with Crippen LogP contribution in [0.2, 0.25) is 0 Å². The molecule has 0 aromatic heterocycles. The van der Waals surface area contributed by atoms with Gasteiger partial charge in [0.05, 0.1) is 11.9 Å². The van der Waals surface area contributed by atoms with E-state index >= 15 is 0 Å². The Hall–Kier alpha value is -0.170. The molecule has 0 aliphatic carbocycles. The SMILES string of the molecule is CC(CO)S(=O)(=O)N1CCC(N(C)C)C1. The van der Waals surface area contributed by atoms with Crippen molar-refractivity contribution in [2.45, 2.75) is 24.6 Å². The second-order valence-corrected chi connectivity index (χ2v) is 6.65. The van der Waals surface area contributed by atoms with Crippen molar-refractivity contribution in [2.75, 3.05) is 33.8 Å². The molecule has 0 radical (unpaired) electrons. The van der Waals surface area contributed by atoms with Crippen LogP contribution in [0.5, 0.6) is 0 Å². The van der Waals surface area contributed by atoms with E-state index in [0.29, 0.717) is 19.1 Å². The van der Waals surface area contributed by atoms with Crippen molar-refractivity contribution < 1.29 is 13.5 Å². The summed E-state index contributed by atoms with van der Waals surface area (Å²) in [6.07, 6.45) is 0.865. The van der Waals surface area contributed by atoms with Gasteiger partial charge in [0.15, 0.2) is 0 Å². The van der Waals surface area contributed by atoms with Gasteiger partial charge >= 0.3 is 0 Å². The molecule has 1 rings (SSSR count). The Morgan fingerprint density at radius 3 is 2.53 bits per heavy atom. The van der Waals surface area contributed by atoms with Gasteiger partial charge in [0.1, 0.15) is 0 Å². The summed E-state index contributed by atoms with van der Waals surface area (Å²) < 4.78 is 25.2. The molecule has 1 saturated heterocycles. The summed E-state index contributed by atoms with van der Waals surface area (Å²) in [7, 11) is 0.611. The lowest BCUT2D eigenvalue weighted by atomic mass is 10.2. The smallest absolute Gasteiger partial charge is 0.219 e. The molecule has 0 spiro atoms. The van der Waals surface area contributed by atoms with E-state index in [1.54, 1.807) is 6.92 Å². The Bertz CT molecular complexity index is 302. The van der Waals surface area contributed by atoms with Crippen LogP contribution >= 0.6 is 0 Å². The van der Waals surface area contributed by atoms with Crippen molar-refractivity contribution in [1.82, 2.24) is 9.21 Å². The minimum atomic E-state index is -3.30. The third kappa shape index (κ3) is 2.69. The van der Waals surface area contributed by atoms with Crippen molar-refractivity contribution in [1.29, 1.82) is 0 Å². The Morgan fingerprint density at radius 2 is 2.13 bits per heavy atom. The third-order valence-electron chi connectivity index (χ3n) is 2.98. The standard InChI is InChI=1S/C9H20N2O3S/c1-8(7-12)15(13,14)11-5-4-9(6-11)10(2)3/h8-9,12H,4-7H2,1-3H3.